The Balaban J connectivity index is 0.000000257. The molecule has 15 heteroatoms. The summed E-state index contributed by atoms with van der Waals surface area (Å²) in [5.74, 6) is 1.17. The van der Waals surface area contributed by atoms with Crippen LogP contribution in [-0.2, 0) is 25.2 Å². The molecule has 4 aromatic rings. The molecule has 0 saturated heterocycles. The maximum Gasteiger partial charge on any atom is 0.417 e. The monoisotopic (exact) mass is 715 g/mol. The molecule has 0 N–H and O–H groups in total. The Bertz CT molecular complexity index is 1660. The standard InChI is InChI=1S/C16H14Cl2O4.C16H13ClF3NO4/c1-10(16(19)20-2)21-12-4-6-13(7-5-12)22-15-8-3-11(17)9-14(15)18;1-9(15(22)23-2)24-11-3-5-12(6-4-11)25-14-13(17)7-10(8-21-14)16(18,19)20/h3-10H,1-2H3;3-9H,1-2H3. The predicted octanol–water partition coefficient (Wildman–Crippen LogP) is 9.21. The lowest BCUT2D eigenvalue weighted by Gasteiger charge is -2.13. The number of halogens is 6. The van der Waals surface area contributed by atoms with E-state index >= 15 is 0 Å². The van der Waals surface area contributed by atoms with E-state index in [0.29, 0.717) is 39.2 Å². The van der Waals surface area contributed by atoms with Crippen molar-refractivity contribution in [2.45, 2.75) is 32.2 Å². The average molecular weight is 717 g/mol. The second-order valence-electron chi connectivity index (χ2n) is 9.30. The van der Waals surface area contributed by atoms with Crippen LogP contribution in [0.4, 0.5) is 13.2 Å². The van der Waals surface area contributed by atoms with Gasteiger partial charge in [-0.2, -0.15) is 13.2 Å². The number of benzene rings is 3. The maximum absolute atomic E-state index is 12.6. The molecule has 9 nitrogen and oxygen atoms in total. The molecule has 0 spiro atoms. The number of alkyl halides is 3. The summed E-state index contributed by atoms with van der Waals surface area (Å²) < 4.78 is 68.6. The molecule has 47 heavy (non-hydrogen) atoms. The summed E-state index contributed by atoms with van der Waals surface area (Å²) in [6.45, 7) is 3.14. The summed E-state index contributed by atoms with van der Waals surface area (Å²) in [4.78, 5) is 26.2. The topological polar surface area (TPSA) is 102 Å². The van der Waals surface area contributed by atoms with E-state index < -0.39 is 35.9 Å². The number of aromatic nitrogens is 1. The summed E-state index contributed by atoms with van der Waals surface area (Å²) in [7, 11) is 2.56. The summed E-state index contributed by atoms with van der Waals surface area (Å²) in [6.07, 6.45) is -5.37. The molecule has 2 atom stereocenters. The van der Waals surface area contributed by atoms with Crippen LogP contribution in [0.3, 0.4) is 0 Å². The Morgan fingerprint density at radius 1 is 0.681 bits per heavy atom. The lowest BCUT2D eigenvalue weighted by atomic mass is 10.3. The van der Waals surface area contributed by atoms with Crippen LogP contribution in [0.5, 0.6) is 34.6 Å². The number of nitrogens with zero attached hydrogens (tertiary/aromatic N) is 1. The van der Waals surface area contributed by atoms with Crippen molar-refractivity contribution in [2.24, 2.45) is 0 Å². The Kier molecular flexibility index (Phi) is 13.4. The van der Waals surface area contributed by atoms with Crippen LogP contribution in [0.25, 0.3) is 0 Å². The van der Waals surface area contributed by atoms with E-state index in [1.807, 2.05) is 0 Å². The van der Waals surface area contributed by atoms with Gasteiger partial charge in [0.2, 0.25) is 5.88 Å². The zero-order valence-electron chi connectivity index (χ0n) is 25.1. The van der Waals surface area contributed by atoms with Gasteiger partial charge < -0.3 is 28.4 Å². The molecule has 0 fully saturated rings. The number of hydrogen-bond donors (Lipinski definition) is 0. The van der Waals surface area contributed by atoms with Crippen LogP contribution in [0.15, 0.2) is 79.0 Å². The Morgan fingerprint density at radius 3 is 1.57 bits per heavy atom. The fraction of sp³-hybridized carbons (Fsp3) is 0.219. The van der Waals surface area contributed by atoms with Crippen molar-refractivity contribution in [1.82, 2.24) is 4.98 Å². The van der Waals surface area contributed by atoms with Gasteiger partial charge in [0.1, 0.15) is 33.8 Å². The van der Waals surface area contributed by atoms with Gasteiger partial charge in [-0.1, -0.05) is 34.8 Å². The third-order valence-corrected chi connectivity index (χ3v) is 6.61. The third kappa shape index (κ3) is 11.4. The normalized spacial score (nSPS) is 12.0. The zero-order chi connectivity index (χ0) is 34.7. The lowest BCUT2D eigenvalue weighted by molar-refractivity contribution is -0.148. The van der Waals surface area contributed by atoms with Crippen LogP contribution in [0.1, 0.15) is 19.4 Å². The second-order valence-corrected chi connectivity index (χ2v) is 10.5. The van der Waals surface area contributed by atoms with E-state index in [9.17, 15) is 22.8 Å². The molecule has 4 rings (SSSR count). The van der Waals surface area contributed by atoms with E-state index in [0.717, 1.165) is 6.07 Å². The summed E-state index contributed by atoms with van der Waals surface area (Å²) in [5.41, 5.74) is -0.967. The van der Waals surface area contributed by atoms with Gasteiger partial charge in [-0.25, -0.2) is 14.6 Å². The summed E-state index contributed by atoms with van der Waals surface area (Å²) in [5, 5.41) is 0.694. The number of carbonyl (C=O) groups is 2. The number of pyridine rings is 1. The Morgan fingerprint density at radius 2 is 1.15 bits per heavy atom. The Hall–Kier alpha value is -4.39. The van der Waals surface area contributed by atoms with Gasteiger partial charge in [0.25, 0.3) is 0 Å². The highest BCUT2D eigenvalue weighted by Crippen LogP contribution is 2.35. The van der Waals surface area contributed by atoms with Crippen molar-refractivity contribution in [3.63, 3.8) is 0 Å². The van der Waals surface area contributed by atoms with Crippen molar-refractivity contribution in [2.75, 3.05) is 14.2 Å². The van der Waals surface area contributed by atoms with Crippen LogP contribution in [-0.4, -0.2) is 43.4 Å². The van der Waals surface area contributed by atoms with E-state index in [4.69, 9.17) is 53.8 Å². The van der Waals surface area contributed by atoms with Crippen molar-refractivity contribution in [3.05, 3.63) is 99.6 Å². The minimum absolute atomic E-state index is 0.161. The second kappa shape index (κ2) is 17.0. The molecule has 3 aromatic carbocycles. The van der Waals surface area contributed by atoms with E-state index in [1.165, 1.54) is 45.4 Å². The van der Waals surface area contributed by atoms with Gasteiger partial charge in [0.05, 0.1) is 24.8 Å². The average Bonchev–Trinajstić information content (AvgIpc) is 3.04. The van der Waals surface area contributed by atoms with Gasteiger partial charge in [-0.3, -0.25) is 0 Å². The smallest absolute Gasteiger partial charge is 0.417 e. The van der Waals surface area contributed by atoms with Crippen LogP contribution < -0.4 is 18.9 Å². The van der Waals surface area contributed by atoms with Gasteiger partial charge in [-0.05, 0) is 86.6 Å². The van der Waals surface area contributed by atoms with Crippen molar-refractivity contribution >= 4 is 46.7 Å². The number of ether oxygens (including phenoxy) is 6. The lowest BCUT2D eigenvalue weighted by Crippen LogP contribution is -2.24. The fourth-order valence-corrected chi connectivity index (χ4v) is 4.11. The van der Waals surface area contributed by atoms with Gasteiger partial charge in [0, 0.05) is 11.2 Å². The van der Waals surface area contributed by atoms with E-state index in [1.54, 1.807) is 49.4 Å². The minimum atomic E-state index is -4.54. The molecule has 1 aromatic heterocycles. The fourth-order valence-electron chi connectivity index (χ4n) is 3.46. The highest BCUT2D eigenvalue weighted by atomic mass is 35.5. The highest BCUT2D eigenvalue weighted by Gasteiger charge is 2.32. The molecule has 0 aliphatic carbocycles. The molecule has 0 aliphatic rings. The number of methoxy groups -OCH3 is 2. The highest BCUT2D eigenvalue weighted by molar-refractivity contribution is 6.35. The van der Waals surface area contributed by atoms with Gasteiger partial charge >= 0.3 is 18.1 Å². The molecular formula is C32H27Cl3F3NO8. The summed E-state index contributed by atoms with van der Waals surface area (Å²) >= 11 is 17.6. The third-order valence-electron chi connectivity index (χ3n) is 5.81. The zero-order valence-corrected chi connectivity index (χ0v) is 27.4. The Labute approximate surface area is 283 Å². The first kappa shape index (κ1) is 37.1. The minimum Gasteiger partial charge on any atom is -0.479 e. The van der Waals surface area contributed by atoms with E-state index in [-0.39, 0.29) is 16.7 Å². The molecule has 0 amide bonds. The number of hydrogen-bond acceptors (Lipinski definition) is 9. The maximum atomic E-state index is 12.6. The molecule has 250 valence electrons. The molecule has 2 unspecified atom stereocenters. The quantitative estimate of drug-likeness (QED) is 0.149. The largest absolute Gasteiger partial charge is 0.479 e. The molecule has 0 bridgehead atoms. The molecular weight excluding hydrogens is 690 g/mol. The van der Waals surface area contributed by atoms with Crippen LogP contribution >= 0.6 is 34.8 Å². The SMILES string of the molecule is COC(=O)C(C)Oc1ccc(Oc2ccc(Cl)cc2Cl)cc1.COC(=O)C(C)Oc1ccc(Oc2ncc(C(F)(F)F)cc2Cl)cc1. The van der Waals surface area contributed by atoms with Gasteiger partial charge in [0.15, 0.2) is 12.2 Å². The van der Waals surface area contributed by atoms with Gasteiger partial charge in [-0.15, -0.1) is 0 Å². The first-order chi connectivity index (χ1) is 22.2. The van der Waals surface area contributed by atoms with Crippen LogP contribution in [0, 0.1) is 0 Å². The number of rotatable bonds is 10. The van der Waals surface area contributed by atoms with Crippen molar-refractivity contribution in [3.8, 4) is 34.6 Å². The molecule has 0 radical (unpaired) electrons. The van der Waals surface area contributed by atoms with Crippen molar-refractivity contribution < 1.29 is 51.2 Å². The van der Waals surface area contributed by atoms with E-state index in [2.05, 4.69) is 14.5 Å². The summed E-state index contributed by atoms with van der Waals surface area (Å²) in [6, 6.07) is 18.6. The molecule has 1 heterocycles. The number of carbonyl (C=O) groups excluding carboxylic acids is 2. The molecule has 0 aliphatic heterocycles. The predicted molar refractivity (Wildman–Crippen MR) is 168 cm³/mol. The molecule has 0 saturated carbocycles. The van der Waals surface area contributed by atoms with Crippen LogP contribution in [0.2, 0.25) is 15.1 Å². The first-order valence-electron chi connectivity index (χ1n) is 13.4. The number of esters is 2. The first-order valence-corrected chi connectivity index (χ1v) is 14.6. The van der Waals surface area contributed by atoms with Crippen molar-refractivity contribution in [1.29, 1.82) is 0 Å².